The van der Waals surface area contributed by atoms with E-state index in [1.165, 1.54) is 5.56 Å². The van der Waals surface area contributed by atoms with Gasteiger partial charge in [-0.1, -0.05) is 32.9 Å². The average molecular weight is 374 g/mol. The molecule has 5 heteroatoms. The van der Waals surface area contributed by atoms with Crippen LogP contribution in [0.3, 0.4) is 0 Å². The van der Waals surface area contributed by atoms with E-state index in [1.807, 2.05) is 23.6 Å². The predicted molar refractivity (Wildman–Crippen MR) is 106 cm³/mol. The minimum Gasteiger partial charge on any atom is -0.480 e. The van der Waals surface area contributed by atoms with Gasteiger partial charge in [0, 0.05) is 5.56 Å². The molecule has 0 aliphatic carbocycles. The van der Waals surface area contributed by atoms with Crippen molar-refractivity contribution in [1.82, 2.24) is 5.32 Å². The number of carboxylic acids is 1. The molecule has 1 atom stereocenters. The van der Waals surface area contributed by atoms with Gasteiger partial charge in [-0.25, -0.2) is 4.79 Å². The number of carbonyl (C=O) groups is 2. The van der Waals surface area contributed by atoms with Gasteiger partial charge in [0.2, 0.25) is 0 Å². The summed E-state index contributed by atoms with van der Waals surface area (Å²) in [4.78, 5) is 24.3. The molecule has 1 aromatic heterocycles. The zero-order valence-electron chi connectivity index (χ0n) is 15.8. The Hall–Kier alpha value is -2.14. The van der Waals surface area contributed by atoms with Gasteiger partial charge in [-0.2, -0.15) is 11.3 Å². The highest BCUT2D eigenvalue weighted by Crippen LogP contribution is 2.23. The Labute approximate surface area is 159 Å². The lowest BCUT2D eigenvalue weighted by molar-refractivity contribution is -0.144. The van der Waals surface area contributed by atoms with Gasteiger partial charge in [0.1, 0.15) is 5.54 Å². The van der Waals surface area contributed by atoms with Crippen molar-refractivity contribution in [3.8, 4) is 0 Å². The van der Waals surface area contributed by atoms with Gasteiger partial charge >= 0.3 is 5.97 Å². The van der Waals surface area contributed by atoms with Gasteiger partial charge in [-0.05, 0) is 71.7 Å². The quantitative estimate of drug-likeness (QED) is 0.743. The molecule has 26 heavy (non-hydrogen) atoms. The van der Waals surface area contributed by atoms with E-state index in [9.17, 15) is 14.7 Å². The Balaban J connectivity index is 2.03. The van der Waals surface area contributed by atoms with Crippen LogP contribution >= 0.6 is 11.3 Å². The summed E-state index contributed by atoms with van der Waals surface area (Å²) in [7, 11) is 0. The minimum absolute atomic E-state index is 0.00619. The molecule has 1 aromatic carbocycles. The normalized spacial score (nSPS) is 13.8. The molecule has 0 aliphatic rings. The van der Waals surface area contributed by atoms with Gasteiger partial charge in [0.25, 0.3) is 5.91 Å². The molecule has 1 amide bonds. The van der Waals surface area contributed by atoms with Crippen molar-refractivity contribution in [3.05, 3.63) is 57.8 Å². The molecule has 140 valence electrons. The van der Waals surface area contributed by atoms with Crippen LogP contribution in [0.2, 0.25) is 0 Å². The van der Waals surface area contributed by atoms with Gasteiger partial charge in [0.15, 0.2) is 0 Å². The van der Waals surface area contributed by atoms with Gasteiger partial charge in [0.05, 0.1) is 0 Å². The lowest BCUT2D eigenvalue weighted by Gasteiger charge is -2.26. The summed E-state index contributed by atoms with van der Waals surface area (Å²) in [6.07, 6.45) is 1.88. The van der Waals surface area contributed by atoms with E-state index in [-0.39, 0.29) is 11.3 Å². The first kappa shape index (κ1) is 20.2. The number of aryl methyl sites for hydroxylation is 1. The summed E-state index contributed by atoms with van der Waals surface area (Å²) >= 11 is 1.63. The summed E-state index contributed by atoms with van der Waals surface area (Å²) in [5.74, 6) is -1.37. The highest BCUT2D eigenvalue weighted by Gasteiger charge is 2.34. The van der Waals surface area contributed by atoms with Gasteiger partial charge < -0.3 is 10.4 Å². The molecule has 4 nitrogen and oxygen atoms in total. The summed E-state index contributed by atoms with van der Waals surface area (Å²) < 4.78 is 0. The lowest BCUT2D eigenvalue weighted by atomic mass is 9.86. The number of hydrogen-bond acceptors (Lipinski definition) is 3. The van der Waals surface area contributed by atoms with Crippen LogP contribution in [0.1, 0.15) is 62.0 Å². The predicted octanol–water partition coefficient (Wildman–Crippen LogP) is 4.64. The zero-order chi connectivity index (χ0) is 19.4. The van der Waals surface area contributed by atoms with E-state index in [2.05, 4.69) is 31.5 Å². The van der Waals surface area contributed by atoms with Crippen molar-refractivity contribution in [2.24, 2.45) is 0 Å². The van der Waals surface area contributed by atoms with E-state index >= 15 is 0 Å². The van der Waals surface area contributed by atoms with Crippen LogP contribution in [0.4, 0.5) is 0 Å². The van der Waals surface area contributed by atoms with Crippen LogP contribution in [0.5, 0.6) is 0 Å². The Bertz CT molecular complexity index is 745. The highest BCUT2D eigenvalue weighted by atomic mass is 32.1. The molecule has 0 radical (unpaired) electrons. The molecule has 2 rings (SSSR count). The number of aliphatic carboxylic acids is 1. The fourth-order valence-electron chi connectivity index (χ4n) is 2.75. The van der Waals surface area contributed by atoms with Crippen LogP contribution in [-0.4, -0.2) is 22.5 Å². The molecule has 2 N–H and O–H groups in total. The Morgan fingerprint density at radius 1 is 1.08 bits per heavy atom. The maximum atomic E-state index is 12.5. The number of benzene rings is 1. The fourth-order valence-corrected chi connectivity index (χ4v) is 3.45. The maximum absolute atomic E-state index is 12.5. The third-order valence-electron chi connectivity index (χ3n) is 4.60. The first-order chi connectivity index (χ1) is 12.1. The number of carboxylic acid groups (broad SMARTS) is 1. The molecule has 0 fully saturated rings. The summed E-state index contributed by atoms with van der Waals surface area (Å²) in [6, 6.07) is 9.39. The third-order valence-corrected chi connectivity index (χ3v) is 5.33. The van der Waals surface area contributed by atoms with E-state index in [0.29, 0.717) is 18.4 Å². The molecular formula is C21H27NO3S. The largest absolute Gasteiger partial charge is 0.480 e. The number of carbonyl (C=O) groups excluding carboxylic acids is 1. The number of thiophene rings is 1. The fraction of sp³-hybridized carbons (Fsp3) is 0.429. The van der Waals surface area contributed by atoms with Crippen molar-refractivity contribution in [2.45, 2.75) is 57.9 Å². The van der Waals surface area contributed by atoms with Crippen LogP contribution in [-0.2, 0) is 16.6 Å². The molecule has 0 bridgehead atoms. The monoisotopic (exact) mass is 373 g/mol. The first-order valence-electron chi connectivity index (χ1n) is 8.79. The van der Waals surface area contributed by atoms with Crippen molar-refractivity contribution >= 4 is 23.2 Å². The molecule has 2 aromatic rings. The summed E-state index contributed by atoms with van der Waals surface area (Å²) in [6.45, 7) is 7.90. The minimum atomic E-state index is -1.28. The van der Waals surface area contributed by atoms with Crippen molar-refractivity contribution in [1.29, 1.82) is 0 Å². The topological polar surface area (TPSA) is 66.4 Å². The lowest BCUT2D eigenvalue weighted by Crippen LogP contribution is -2.52. The van der Waals surface area contributed by atoms with Crippen LogP contribution < -0.4 is 5.32 Å². The SMILES string of the molecule is CC(CCCc1ccsc1)(NC(=O)c1ccc(C(C)(C)C)cc1)C(=O)O. The van der Waals surface area contributed by atoms with E-state index in [1.54, 1.807) is 30.4 Å². The molecule has 0 aliphatic heterocycles. The molecule has 0 saturated heterocycles. The molecule has 1 heterocycles. The smallest absolute Gasteiger partial charge is 0.329 e. The summed E-state index contributed by atoms with van der Waals surface area (Å²) in [5.41, 5.74) is 1.53. The second kappa shape index (κ2) is 8.04. The van der Waals surface area contributed by atoms with Crippen molar-refractivity contribution < 1.29 is 14.7 Å². The molecule has 1 unspecified atom stereocenters. The number of hydrogen-bond donors (Lipinski definition) is 2. The van der Waals surface area contributed by atoms with Gasteiger partial charge in [-0.15, -0.1) is 0 Å². The molecular weight excluding hydrogens is 346 g/mol. The average Bonchev–Trinajstić information content (AvgIpc) is 3.07. The van der Waals surface area contributed by atoms with Crippen LogP contribution in [0.15, 0.2) is 41.1 Å². The number of nitrogens with one attached hydrogen (secondary N) is 1. The van der Waals surface area contributed by atoms with E-state index in [4.69, 9.17) is 0 Å². The second-order valence-corrected chi connectivity index (χ2v) is 8.68. The van der Waals surface area contributed by atoms with Crippen LogP contribution in [0.25, 0.3) is 0 Å². The van der Waals surface area contributed by atoms with Gasteiger partial charge in [-0.3, -0.25) is 4.79 Å². The Morgan fingerprint density at radius 2 is 1.73 bits per heavy atom. The van der Waals surface area contributed by atoms with E-state index in [0.717, 1.165) is 12.0 Å². The summed E-state index contributed by atoms with van der Waals surface area (Å²) in [5, 5.41) is 16.4. The number of rotatable bonds is 7. The molecule has 0 spiro atoms. The van der Waals surface area contributed by atoms with E-state index < -0.39 is 11.5 Å². The first-order valence-corrected chi connectivity index (χ1v) is 9.74. The Kier molecular flexibility index (Phi) is 6.24. The Morgan fingerprint density at radius 3 is 2.23 bits per heavy atom. The number of amides is 1. The molecule has 0 saturated carbocycles. The standard InChI is InChI=1S/C21H27NO3S/c1-20(2,3)17-9-7-16(8-10-17)18(23)22-21(4,19(24)25)12-5-6-15-11-13-26-14-15/h7-11,13-14H,5-6,12H2,1-4H3,(H,22,23)(H,24,25). The zero-order valence-corrected chi connectivity index (χ0v) is 16.7. The van der Waals surface area contributed by atoms with Crippen molar-refractivity contribution in [2.75, 3.05) is 0 Å². The highest BCUT2D eigenvalue weighted by molar-refractivity contribution is 7.07. The van der Waals surface area contributed by atoms with Crippen LogP contribution in [0, 0.1) is 0 Å². The second-order valence-electron chi connectivity index (χ2n) is 7.90. The maximum Gasteiger partial charge on any atom is 0.329 e. The third kappa shape index (κ3) is 5.18. The van der Waals surface area contributed by atoms with Crippen molar-refractivity contribution in [3.63, 3.8) is 0 Å².